The first-order valence-electron chi connectivity index (χ1n) is 10.8. The molecule has 164 valence electrons. The number of benzene rings is 2. The highest BCUT2D eigenvalue weighted by Gasteiger charge is 2.36. The second kappa shape index (κ2) is 9.86. The largest absolute Gasteiger partial charge is 0.507 e. The molecule has 2 aromatic rings. The molecular weight excluding hydrogens is 388 g/mol. The summed E-state index contributed by atoms with van der Waals surface area (Å²) in [4.78, 5) is 13.8. The zero-order valence-corrected chi connectivity index (χ0v) is 18.8. The predicted molar refractivity (Wildman–Crippen MR) is 124 cm³/mol. The first-order chi connectivity index (χ1) is 14.8. The zero-order chi connectivity index (χ0) is 22.5. The molecule has 0 fully saturated rings. The topological polar surface area (TPSA) is 66.8 Å². The number of phenolic OH excluding ortho intramolecular Hbond substituents is 2. The summed E-state index contributed by atoms with van der Waals surface area (Å²) in [7, 11) is 1.45. The third-order valence-corrected chi connectivity index (χ3v) is 6.17. The van der Waals surface area contributed by atoms with Gasteiger partial charge in [0.15, 0.2) is 5.78 Å². The van der Waals surface area contributed by atoms with Crippen LogP contribution in [0.5, 0.6) is 17.2 Å². The Morgan fingerprint density at radius 2 is 1.90 bits per heavy atom. The number of Topliss-reactive ketones (excluding diaryl/α,β-unsaturated/α-hetero) is 1. The molecule has 0 heterocycles. The van der Waals surface area contributed by atoms with Crippen molar-refractivity contribution in [3.63, 3.8) is 0 Å². The van der Waals surface area contributed by atoms with E-state index in [0.29, 0.717) is 6.42 Å². The standard InChI is InChI=1S/C27H32O4/c1-17(2)9-8-10-19-13-14-21(20-11-6-5-7-12-20)22(15-19)27(30)25-24(31-4)16-23(28)18(3)26(25)29/h5-7,9,11-13,16,21-22,28-29H,8,10,14-15H2,1-4H3/t21-,22?/m0/s1. The molecule has 0 amide bonds. The predicted octanol–water partition coefficient (Wildman–Crippen LogP) is 6.46. The second-order valence-electron chi connectivity index (χ2n) is 8.56. The van der Waals surface area contributed by atoms with Crippen LogP contribution in [0.1, 0.15) is 66.9 Å². The zero-order valence-electron chi connectivity index (χ0n) is 18.8. The van der Waals surface area contributed by atoms with Crippen molar-refractivity contribution in [2.45, 2.75) is 52.4 Å². The quantitative estimate of drug-likeness (QED) is 0.398. The van der Waals surface area contributed by atoms with Crippen LogP contribution in [0.2, 0.25) is 0 Å². The van der Waals surface area contributed by atoms with Crippen molar-refractivity contribution >= 4 is 5.78 Å². The number of carbonyl (C=O) groups is 1. The molecule has 0 spiro atoms. The molecule has 1 aliphatic rings. The van der Waals surface area contributed by atoms with Crippen molar-refractivity contribution in [1.29, 1.82) is 0 Å². The number of hydrogen-bond acceptors (Lipinski definition) is 4. The van der Waals surface area contributed by atoms with Crippen LogP contribution in [0.3, 0.4) is 0 Å². The highest BCUT2D eigenvalue weighted by Crippen LogP contribution is 2.45. The van der Waals surface area contributed by atoms with Crippen LogP contribution in [-0.2, 0) is 0 Å². The summed E-state index contributed by atoms with van der Waals surface area (Å²) in [6.45, 7) is 5.78. The first kappa shape index (κ1) is 22.7. The lowest BCUT2D eigenvalue weighted by Gasteiger charge is -2.31. The Morgan fingerprint density at radius 3 is 2.55 bits per heavy atom. The van der Waals surface area contributed by atoms with Gasteiger partial charge in [0, 0.05) is 17.5 Å². The van der Waals surface area contributed by atoms with Gasteiger partial charge in [-0.25, -0.2) is 0 Å². The molecule has 0 aromatic heterocycles. The van der Waals surface area contributed by atoms with E-state index >= 15 is 0 Å². The average Bonchev–Trinajstić information content (AvgIpc) is 2.77. The molecule has 0 saturated heterocycles. The Labute approximate surface area is 184 Å². The number of methoxy groups -OCH3 is 1. The van der Waals surface area contributed by atoms with Crippen LogP contribution in [-0.4, -0.2) is 23.1 Å². The van der Waals surface area contributed by atoms with Gasteiger partial charge in [0.1, 0.15) is 22.8 Å². The van der Waals surface area contributed by atoms with Crippen molar-refractivity contribution in [1.82, 2.24) is 0 Å². The summed E-state index contributed by atoms with van der Waals surface area (Å²) in [5.41, 5.74) is 4.14. The van der Waals surface area contributed by atoms with Gasteiger partial charge in [-0.2, -0.15) is 0 Å². The van der Waals surface area contributed by atoms with E-state index < -0.39 is 0 Å². The fourth-order valence-corrected chi connectivity index (χ4v) is 4.37. The molecule has 1 aliphatic carbocycles. The molecular formula is C27H32O4. The van der Waals surface area contributed by atoms with Gasteiger partial charge < -0.3 is 14.9 Å². The Balaban J connectivity index is 2.00. The lowest BCUT2D eigenvalue weighted by Crippen LogP contribution is -2.26. The van der Waals surface area contributed by atoms with E-state index in [-0.39, 0.29) is 46.0 Å². The number of ether oxygens (including phenoxy) is 1. The monoisotopic (exact) mass is 420 g/mol. The van der Waals surface area contributed by atoms with Crippen molar-refractivity contribution < 1.29 is 19.7 Å². The number of rotatable bonds is 7. The maximum Gasteiger partial charge on any atom is 0.174 e. The van der Waals surface area contributed by atoms with E-state index in [2.05, 4.69) is 38.1 Å². The third kappa shape index (κ3) is 5.01. The minimum atomic E-state index is -0.308. The van der Waals surface area contributed by atoms with Crippen molar-refractivity contribution in [3.05, 3.63) is 76.4 Å². The van der Waals surface area contributed by atoms with Gasteiger partial charge in [-0.1, -0.05) is 53.6 Å². The molecule has 2 N–H and O–H groups in total. The van der Waals surface area contributed by atoms with E-state index in [1.54, 1.807) is 6.92 Å². The molecule has 0 radical (unpaired) electrons. The lowest BCUT2D eigenvalue weighted by molar-refractivity contribution is 0.0887. The summed E-state index contributed by atoms with van der Waals surface area (Å²) in [6, 6.07) is 11.5. The minimum absolute atomic E-state index is 0.0270. The number of allylic oxidation sites excluding steroid dienone is 4. The first-order valence-corrected chi connectivity index (χ1v) is 10.8. The molecule has 1 unspecified atom stereocenters. The van der Waals surface area contributed by atoms with E-state index in [0.717, 1.165) is 24.8 Å². The van der Waals surface area contributed by atoms with Gasteiger partial charge in [-0.3, -0.25) is 4.79 Å². The molecule has 2 atom stereocenters. The molecule has 0 bridgehead atoms. The van der Waals surface area contributed by atoms with Gasteiger partial charge in [0.2, 0.25) is 0 Å². The molecule has 3 rings (SSSR count). The summed E-state index contributed by atoms with van der Waals surface area (Å²) in [6.07, 6.45) is 7.81. The smallest absolute Gasteiger partial charge is 0.174 e. The number of ketones is 1. The molecule has 4 heteroatoms. The van der Waals surface area contributed by atoms with Crippen LogP contribution in [0, 0.1) is 12.8 Å². The summed E-state index contributed by atoms with van der Waals surface area (Å²) in [5.74, 6) is -0.500. The summed E-state index contributed by atoms with van der Waals surface area (Å²) < 4.78 is 5.37. The maximum atomic E-state index is 13.8. The maximum absolute atomic E-state index is 13.8. The van der Waals surface area contributed by atoms with Gasteiger partial charge in [0.25, 0.3) is 0 Å². The average molecular weight is 421 g/mol. The number of aromatic hydroxyl groups is 2. The molecule has 0 saturated carbocycles. The van der Waals surface area contributed by atoms with Crippen LogP contribution in [0.25, 0.3) is 0 Å². The fraction of sp³-hybridized carbons (Fsp3) is 0.370. The van der Waals surface area contributed by atoms with Gasteiger partial charge >= 0.3 is 0 Å². The molecule has 31 heavy (non-hydrogen) atoms. The number of phenols is 2. The van der Waals surface area contributed by atoms with Crippen molar-refractivity contribution in [2.75, 3.05) is 7.11 Å². The summed E-state index contributed by atoms with van der Waals surface area (Å²) in [5, 5.41) is 20.8. The number of carbonyl (C=O) groups excluding carboxylic acids is 1. The highest BCUT2D eigenvalue weighted by molar-refractivity contribution is 6.04. The lowest BCUT2D eigenvalue weighted by atomic mass is 9.71. The second-order valence-corrected chi connectivity index (χ2v) is 8.56. The molecule has 0 aliphatic heterocycles. The molecule has 2 aromatic carbocycles. The van der Waals surface area contributed by atoms with Gasteiger partial charge in [-0.05, 0) is 57.9 Å². The van der Waals surface area contributed by atoms with Crippen molar-refractivity contribution in [3.8, 4) is 17.2 Å². The van der Waals surface area contributed by atoms with Crippen LogP contribution in [0.15, 0.2) is 59.7 Å². The Bertz CT molecular complexity index is 998. The minimum Gasteiger partial charge on any atom is -0.507 e. The van der Waals surface area contributed by atoms with E-state index in [1.807, 2.05) is 18.2 Å². The van der Waals surface area contributed by atoms with E-state index in [1.165, 1.54) is 24.3 Å². The third-order valence-electron chi connectivity index (χ3n) is 6.17. The highest BCUT2D eigenvalue weighted by atomic mass is 16.5. The van der Waals surface area contributed by atoms with Crippen molar-refractivity contribution in [2.24, 2.45) is 5.92 Å². The Kier molecular flexibility index (Phi) is 7.21. The van der Waals surface area contributed by atoms with E-state index in [9.17, 15) is 15.0 Å². The number of hydrogen-bond donors (Lipinski definition) is 2. The van der Waals surface area contributed by atoms with Crippen LogP contribution >= 0.6 is 0 Å². The Morgan fingerprint density at radius 1 is 1.19 bits per heavy atom. The van der Waals surface area contributed by atoms with E-state index in [4.69, 9.17) is 4.74 Å². The molecule has 4 nitrogen and oxygen atoms in total. The van der Waals surface area contributed by atoms with Gasteiger partial charge in [-0.15, -0.1) is 0 Å². The Hall–Kier alpha value is -3.01. The van der Waals surface area contributed by atoms with Gasteiger partial charge in [0.05, 0.1) is 7.11 Å². The SMILES string of the molecule is COc1cc(O)c(C)c(O)c1C(=O)C1CC(CCC=C(C)C)=CC[C@H]1c1ccccc1. The summed E-state index contributed by atoms with van der Waals surface area (Å²) >= 11 is 0. The van der Waals surface area contributed by atoms with Crippen LogP contribution in [0.4, 0.5) is 0 Å². The normalized spacial score (nSPS) is 18.3. The fourth-order valence-electron chi connectivity index (χ4n) is 4.37. The van der Waals surface area contributed by atoms with Crippen LogP contribution < -0.4 is 4.74 Å².